The number of rotatable bonds is 1. The number of fused-ring (bicyclic) bond motifs is 1. The number of amides is 2. The van der Waals surface area contributed by atoms with Crippen molar-refractivity contribution in [1.82, 2.24) is 10.2 Å². The molecule has 3 N–H and O–H groups in total. The molecule has 2 aliphatic rings. The standard InChI is InChI=1S/C7H13N3OS/c1-2-10-5-4(9-7(10)11)3-12-6(5)8/h4-6H,2-3,8H2,1H3,(H,9,11)/t4-,5-,6+/m0/s1. The Morgan fingerprint density at radius 1 is 1.83 bits per heavy atom. The minimum atomic E-state index is 0.0447. The summed E-state index contributed by atoms with van der Waals surface area (Å²) in [5, 5.41) is 3.02. The number of hydrogen-bond donors (Lipinski definition) is 2. The number of hydrogen-bond acceptors (Lipinski definition) is 3. The number of urea groups is 1. The van der Waals surface area contributed by atoms with E-state index in [1.807, 2.05) is 11.8 Å². The molecule has 0 saturated carbocycles. The first-order chi connectivity index (χ1) is 5.74. The van der Waals surface area contributed by atoms with Crippen LogP contribution < -0.4 is 11.1 Å². The molecule has 2 saturated heterocycles. The molecule has 2 amide bonds. The van der Waals surface area contributed by atoms with Gasteiger partial charge in [-0.05, 0) is 6.92 Å². The minimum absolute atomic E-state index is 0.0447. The second-order valence-electron chi connectivity index (χ2n) is 3.13. The second kappa shape index (κ2) is 2.81. The third-order valence-electron chi connectivity index (χ3n) is 2.49. The van der Waals surface area contributed by atoms with Gasteiger partial charge in [0, 0.05) is 12.3 Å². The fourth-order valence-corrected chi connectivity index (χ4v) is 3.14. The van der Waals surface area contributed by atoms with E-state index < -0.39 is 0 Å². The van der Waals surface area contributed by atoms with Crippen LogP contribution >= 0.6 is 11.8 Å². The van der Waals surface area contributed by atoms with Gasteiger partial charge in [0.15, 0.2) is 0 Å². The molecule has 12 heavy (non-hydrogen) atoms. The number of nitrogens with zero attached hydrogens (tertiary/aromatic N) is 1. The van der Waals surface area contributed by atoms with Crippen LogP contribution in [0.2, 0.25) is 0 Å². The van der Waals surface area contributed by atoms with E-state index in [1.165, 1.54) is 0 Å². The summed E-state index contributed by atoms with van der Waals surface area (Å²) >= 11 is 1.73. The van der Waals surface area contributed by atoms with Crippen LogP contribution in [0.5, 0.6) is 0 Å². The zero-order chi connectivity index (χ0) is 8.72. The van der Waals surface area contributed by atoms with Crippen molar-refractivity contribution in [2.75, 3.05) is 12.3 Å². The zero-order valence-corrected chi connectivity index (χ0v) is 7.80. The molecule has 2 heterocycles. The monoisotopic (exact) mass is 187 g/mol. The highest BCUT2D eigenvalue weighted by molar-refractivity contribution is 8.00. The van der Waals surface area contributed by atoms with E-state index in [-0.39, 0.29) is 23.5 Å². The lowest BCUT2D eigenvalue weighted by molar-refractivity contribution is 0.205. The molecule has 0 spiro atoms. The predicted molar refractivity (Wildman–Crippen MR) is 48.9 cm³/mol. The molecule has 2 fully saturated rings. The quantitative estimate of drug-likeness (QED) is 0.559. The molecule has 5 heteroatoms. The number of nitrogens with one attached hydrogen (secondary N) is 1. The van der Waals surface area contributed by atoms with E-state index in [4.69, 9.17) is 5.73 Å². The molecule has 0 unspecified atom stereocenters. The van der Waals surface area contributed by atoms with Gasteiger partial charge in [0.2, 0.25) is 0 Å². The van der Waals surface area contributed by atoms with Gasteiger partial charge >= 0.3 is 6.03 Å². The van der Waals surface area contributed by atoms with Gasteiger partial charge < -0.3 is 16.0 Å². The summed E-state index contributed by atoms with van der Waals surface area (Å²) in [7, 11) is 0. The first-order valence-electron chi connectivity index (χ1n) is 4.18. The Kier molecular flexibility index (Phi) is 1.92. The van der Waals surface area contributed by atoms with Crippen LogP contribution in [0.15, 0.2) is 0 Å². The van der Waals surface area contributed by atoms with Gasteiger partial charge in [0.05, 0.1) is 17.5 Å². The van der Waals surface area contributed by atoms with Gasteiger partial charge in [-0.2, -0.15) is 0 Å². The van der Waals surface area contributed by atoms with Crippen molar-refractivity contribution in [3.05, 3.63) is 0 Å². The number of carbonyl (C=O) groups excluding carboxylic acids is 1. The van der Waals surface area contributed by atoms with Crippen LogP contribution in [0.4, 0.5) is 4.79 Å². The maximum Gasteiger partial charge on any atom is 0.318 e. The molecule has 68 valence electrons. The Balaban J connectivity index is 2.18. The molecule has 4 nitrogen and oxygen atoms in total. The summed E-state index contributed by atoms with van der Waals surface area (Å²) < 4.78 is 0. The second-order valence-corrected chi connectivity index (χ2v) is 4.34. The smallest absolute Gasteiger partial charge is 0.318 e. The molecule has 0 aromatic carbocycles. The topological polar surface area (TPSA) is 58.4 Å². The molecule has 0 aliphatic carbocycles. The summed E-state index contributed by atoms with van der Waals surface area (Å²) in [6, 6.07) is 0.535. The molecule has 0 bridgehead atoms. The first kappa shape index (κ1) is 8.19. The largest absolute Gasteiger partial charge is 0.332 e. The van der Waals surface area contributed by atoms with Gasteiger partial charge in [0.25, 0.3) is 0 Å². The van der Waals surface area contributed by atoms with Crippen molar-refractivity contribution >= 4 is 17.8 Å². The molecule has 0 radical (unpaired) electrons. The Bertz CT molecular complexity index is 211. The highest BCUT2D eigenvalue weighted by atomic mass is 32.2. The first-order valence-corrected chi connectivity index (χ1v) is 5.23. The Morgan fingerprint density at radius 2 is 2.58 bits per heavy atom. The molecular formula is C7H13N3OS. The van der Waals surface area contributed by atoms with Gasteiger partial charge in [-0.1, -0.05) is 0 Å². The Hall–Kier alpha value is -0.420. The average Bonchev–Trinajstić information content (AvgIpc) is 2.52. The zero-order valence-electron chi connectivity index (χ0n) is 6.99. The van der Waals surface area contributed by atoms with Crippen molar-refractivity contribution in [1.29, 1.82) is 0 Å². The number of thioether (sulfide) groups is 1. The van der Waals surface area contributed by atoms with E-state index in [0.29, 0.717) is 0 Å². The van der Waals surface area contributed by atoms with Crippen molar-refractivity contribution in [2.45, 2.75) is 24.4 Å². The lowest BCUT2D eigenvalue weighted by Crippen LogP contribution is -2.44. The summed E-state index contributed by atoms with van der Waals surface area (Å²) in [5.41, 5.74) is 5.88. The number of nitrogens with two attached hydrogens (primary N) is 1. The summed E-state index contributed by atoms with van der Waals surface area (Å²) in [5.74, 6) is 0.952. The van der Waals surface area contributed by atoms with E-state index in [9.17, 15) is 4.79 Å². The van der Waals surface area contributed by atoms with E-state index in [0.717, 1.165) is 12.3 Å². The summed E-state index contributed by atoms with van der Waals surface area (Å²) in [6.07, 6.45) is 0. The number of likely N-dealkylation sites (N-methyl/N-ethyl adjacent to an activating group) is 1. The van der Waals surface area contributed by atoms with Crippen molar-refractivity contribution < 1.29 is 4.79 Å². The SMILES string of the molecule is CCN1C(=O)N[C@H]2CS[C@@H](N)[C@H]21. The van der Waals surface area contributed by atoms with Gasteiger partial charge in [-0.15, -0.1) is 11.8 Å². The number of carbonyl (C=O) groups is 1. The third kappa shape index (κ3) is 0.998. The Labute approximate surface area is 75.9 Å². The summed E-state index contributed by atoms with van der Waals surface area (Å²) in [6.45, 7) is 2.74. The van der Waals surface area contributed by atoms with Crippen LogP contribution in [0.25, 0.3) is 0 Å². The molecule has 0 aromatic heterocycles. The lowest BCUT2D eigenvalue weighted by Gasteiger charge is -2.23. The molecule has 0 aromatic rings. The fourth-order valence-electron chi connectivity index (χ4n) is 1.89. The van der Waals surface area contributed by atoms with E-state index >= 15 is 0 Å². The van der Waals surface area contributed by atoms with Crippen LogP contribution in [-0.4, -0.2) is 40.7 Å². The Morgan fingerprint density at radius 3 is 3.25 bits per heavy atom. The van der Waals surface area contributed by atoms with E-state index in [2.05, 4.69) is 5.32 Å². The normalized spacial score (nSPS) is 40.0. The molecule has 2 aliphatic heterocycles. The lowest BCUT2D eigenvalue weighted by atomic mass is 10.1. The minimum Gasteiger partial charge on any atom is -0.332 e. The van der Waals surface area contributed by atoms with Crippen LogP contribution in [0.3, 0.4) is 0 Å². The summed E-state index contributed by atoms with van der Waals surface area (Å²) in [4.78, 5) is 13.1. The van der Waals surface area contributed by atoms with Gasteiger partial charge in [-0.3, -0.25) is 0 Å². The maximum absolute atomic E-state index is 11.3. The molecule has 2 rings (SSSR count). The van der Waals surface area contributed by atoms with Gasteiger partial charge in [-0.25, -0.2) is 4.79 Å². The van der Waals surface area contributed by atoms with Crippen LogP contribution in [-0.2, 0) is 0 Å². The van der Waals surface area contributed by atoms with E-state index in [1.54, 1.807) is 11.8 Å². The predicted octanol–water partition coefficient (Wildman–Crippen LogP) is -0.200. The van der Waals surface area contributed by atoms with Crippen molar-refractivity contribution in [3.63, 3.8) is 0 Å². The molecular weight excluding hydrogens is 174 g/mol. The third-order valence-corrected chi connectivity index (χ3v) is 3.70. The van der Waals surface area contributed by atoms with Gasteiger partial charge in [0.1, 0.15) is 0 Å². The van der Waals surface area contributed by atoms with Crippen molar-refractivity contribution in [3.8, 4) is 0 Å². The van der Waals surface area contributed by atoms with Crippen LogP contribution in [0, 0.1) is 0 Å². The highest BCUT2D eigenvalue weighted by Crippen LogP contribution is 2.31. The van der Waals surface area contributed by atoms with Crippen molar-refractivity contribution in [2.24, 2.45) is 5.73 Å². The average molecular weight is 187 g/mol. The highest BCUT2D eigenvalue weighted by Gasteiger charge is 2.46. The fraction of sp³-hybridized carbons (Fsp3) is 0.857. The maximum atomic E-state index is 11.3. The van der Waals surface area contributed by atoms with Crippen LogP contribution in [0.1, 0.15) is 6.92 Å². The molecule has 3 atom stereocenters.